The second kappa shape index (κ2) is 11.6. The maximum atomic E-state index is 11.7. The lowest BCUT2D eigenvalue weighted by atomic mass is 10.4. The minimum absolute atomic E-state index is 0.130. The molecule has 1 aromatic carbocycles. The predicted octanol–water partition coefficient (Wildman–Crippen LogP) is 2.27. The predicted molar refractivity (Wildman–Crippen MR) is 108 cm³/mol. The van der Waals surface area contributed by atoms with Gasteiger partial charge in [0, 0.05) is 49.4 Å². The van der Waals surface area contributed by atoms with Crippen LogP contribution in [0.2, 0.25) is 5.02 Å². The molecule has 9 heteroatoms. The normalized spacial score (nSPS) is 12.4. The molecule has 0 spiro atoms. The van der Waals surface area contributed by atoms with E-state index in [0.717, 1.165) is 29.7 Å². The summed E-state index contributed by atoms with van der Waals surface area (Å²) in [4.78, 5) is 5.34. The Kier molecular flexibility index (Phi) is 10.3. The van der Waals surface area contributed by atoms with Crippen LogP contribution in [0.1, 0.15) is 13.3 Å². The van der Waals surface area contributed by atoms with Crippen molar-refractivity contribution >= 4 is 39.3 Å². The van der Waals surface area contributed by atoms with E-state index in [1.54, 1.807) is 32.8 Å². The fourth-order valence-corrected chi connectivity index (χ4v) is 3.70. The molecule has 2 N–H and O–H groups in total. The summed E-state index contributed by atoms with van der Waals surface area (Å²) >= 11 is 7.61. The number of nitrogens with one attached hydrogen (secondary N) is 2. The summed E-state index contributed by atoms with van der Waals surface area (Å²) in [6.07, 6.45) is 0.718. The van der Waals surface area contributed by atoms with Gasteiger partial charge < -0.3 is 10.6 Å². The van der Waals surface area contributed by atoms with Gasteiger partial charge in [-0.3, -0.25) is 4.99 Å². The van der Waals surface area contributed by atoms with Crippen LogP contribution in [-0.4, -0.2) is 63.9 Å². The zero-order valence-corrected chi connectivity index (χ0v) is 17.3. The summed E-state index contributed by atoms with van der Waals surface area (Å²) in [5.74, 6) is 1.75. The van der Waals surface area contributed by atoms with Gasteiger partial charge in [0.15, 0.2) is 5.96 Å². The fourth-order valence-electron chi connectivity index (χ4n) is 1.96. The summed E-state index contributed by atoms with van der Waals surface area (Å²) in [7, 11) is 0.226. The van der Waals surface area contributed by atoms with E-state index in [9.17, 15) is 8.42 Å². The number of benzene rings is 1. The first-order valence-electron chi connectivity index (χ1n) is 8.16. The highest BCUT2D eigenvalue weighted by molar-refractivity contribution is 7.99. The van der Waals surface area contributed by atoms with Crippen LogP contribution in [0.5, 0.6) is 0 Å². The highest BCUT2D eigenvalue weighted by Crippen LogP contribution is 2.19. The third kappa shape index (κ3) is 8.80. The van der Waals surface area contributed by atoms with Gasteiger partial charge in [0.1, 0.15) is 0 Å². The minimum Gasteiger partial charge on any atom is -0.356 e. The van der Waals surface area contributed by atoms with Crippen LogP contribution in [-0.2, 0) is 10.0 Å². The summed E-state index contributed by atoms with van der Waals surface area (Å²) in [5, 5.41) is 7.17. The molecule has 0 aromatic heterocycles. The van der Waals surface area contributed by atoms with E-state index in [-0.39, 0.29) is 5.75 Å². The molecule has 0 amide bonds. The van der Waals surface area contributed by atoms with Gasteiger partial charge >= 0.3 is 0 Å². The largest absolute Gasteiger partial charge is 0.356 e. The highest BCUT2D eigenvalue weighted by atomic mass is 35.5. The van der Waals surface area contributed by atoms with Gasteiger partial charge in [-0.05, 0) is 37.6 Å². The highest BCUT2D eigenvalue weighted by Gasteiger charge is 2.13. The Morgan fingerprint density at radius 3 is 2.48 bits per heavy atom. The Morgan fingerprint density at radius 2 is 1.88 bits per heavy atom. The quantitative estimate of drug-likeness (QED) is 0.270. The van der Waals surface area contributed by atoms with Crippen LogP contribution in [0.15, 0.2) is 34.2 Å². The van der Waals surface area contributed by atoms with Gasteiger partial charge in [0.25, 0.3) is 0 Å². The summed E-state index contributed by atoms with van der Waals surface area (Å²) < 4.78 is 24.7. The molecule has 0 unspecified atom stereocenters. The third-order valence-electron chi connectivity index (χ3n) is 3.48. The van der Waals surface area contributed by atoms with Crippen molar-refractivity contribution in [2.24, 2.45) is 4.99 Å². The van der Waals surface area contributed by atoms with Crippen LogP contribution in [0.4, 0.5) is 0 Å². The Balaban J connectivity index is 2.19. The molecular weight excluding hydrogens is 380 g/mol. The first-order valence-corrected chi connectivity index (χ1v) is 11.1. The van der Waals surface area contributed by atoms with Crippen molar-refractivity contribution in [1.29, 1.82) is 0 Å². The standard InChI is InChI=1S/C16H27ClN4O2S2/c1-4-25(22,23)21(3)12-5-10-19-16(18-2)20-11-13-24-15-8-6-14(17)7-9-15/h6-9H,4-5,10-13H2,1-3H3,(H2,18,19,20). The first-order chi connectivity index (χ1) is 11.9. The van der Waals surface area contributed by atoms with Crippen molar-refractivity contribution in [2.45, 2.75) is 18.2 Å². The molecule has 0 saturated heterocycles. The molecule has 0 bridgehead atoms. The maximum absolute atomic E-state index is 11.7. The van der Waals surface area contributed by atoms with E-state index in [1.165, 1.54) is 9.20 Å². The van der Waals surface area contributed by atoms with Crippen molar-refractivity contribution in [2.75, 3.05) is 45.2 Å². The Morgan fingerprint density at radius 1 is 1.24 bits per heavy atom. The van der Waals surface area contributed by atoms with Gasteiger partial charge in [0.2, 0.25) is 10.0 Å². The van der Waals surface area contributed by atoms with Crippen LogP contribution >= 0.6 is 23.4 Å². The van der Waals surface area contributed by atoms with Crippen molar-refractivity contribution < 1.29 is 8.42 Å². The molecule has 6 nitrogen and oxygen atoms in total. The Bertz CT molecular complexity index is 636. The van der Waals surface area contributed by atoms with E-state index in [1.807, 2.05) is 24.3 Å². The zero-order chi connectivity index (χ0) is 18.7. The van der Waals surface area contributed by atoms with E-state index in [4.69, 9.17) is 11.6 Å². The molecule has 0 radical (unpaired) electrons. The van der Waals surface area contributed by atoms with E-state index < -0.39 is 10.0 Å². The lowest BCUT2D eigenvalue weighted by molar-refractivity contribution is 0.461. The number of nitrogens with zero attached hydrogens (tertiary/aromatic N) is 2. The monoisotopic (exact) mass is 406 g/mol. The molecule has 0 aliphatic carbocycles. The van der Waals surface area contributed by atoms with Crippen molar-refractivity contribution in [3.05, 3.63) is 29.3 Å². The lowest BCUT2D eigenvalue weighted by Gasteiger charge is -2.16. The number of thioether (sulfide) groups is 1. The average molecular weight is 407 g/mol. The second-order valence-corrected chi connectivity index (χ2v) is 9.27. The van der Waals surface area contributed by atoms with Crippen LogP contribution < -0.4 is 10.6 Å². The molecule has 0 saturated carbocycles. The zero-order valence-electron chi connectivity index (χ0n) is 15.0. The van der Waals surface area contributed by atoms with Gasteiger partial charge in [-0.1, -0.05) is 11.6 Å². The number of hydrogen-bond donors (Lipinski definition) is 2. The molecule has 1 aromatic rings. The number of hydrogen-bond acceptors (Lipinski definition) is 4. The topological polar surface area (TPSA) is 73.8 Å². The average Bonchev–Trinajstić information content (AvgIpc) is 2.61. The molecule has 142 valence electrons. The van der Waals surface area contributed by atoms with Crippen LogP contribution in [0.25, 0.3) is 0 Å². The smallest absolute Gasteiger partial charge is 0.213 e. The minimum atomic E-state index is -3.10. The molecule has 0 aliphatic heterocycles. The van der Waals surface area contributed by atoms with Gasteiger partial charge in [-0.25, -0.2) is 12.7 Å². The molecule has 1 rings (SSSR count). The Hall–Kier alpha value is -0.960. The summed E-state index contributed by atoms with van der Waals surface area (Å²) in [5.41, 5.74) is 0. The summed E-state index contributed by atoms with van der Waals surface area (Å²) in [6, 6.07) is 7.77. The first kappa shape index (κ1) is 22.1. The van der Waals surface area contributed by atoms with E-state index in [0.29, 0.717) is 13.1 Å². The van der Waals surface area contributed by atoms with Crippen molar-refractivity contribution in [3.63, 3.8) is 0 Å². The van der Waals surface area contributed by atoms with E-state index >= 15 is 0 Å². The number of guanidine groups is 1. The third-order valence-corrected chi connectivity index (χ3v) is 6.61. The van der Waals surface area contributed by atoms with Crippen molar-refractivity contribution in [1.82, 2.24) is 14.9 Å². The van der Waals surface area contributed by atoms with Crippen LogP contribution in [0, 0.1) is 0 Å². The molecule has 0 aliphatic rings. The number of sulfonamides is 1. The van der Waals surface area contributed by atoms with Gasteiger partial charge in [0.05, 0.1) is 5.75 Å². The molecular formula is C16H27ClN4O2S2. The molecule has 0 heterocycles. The Labute approximate surface area is 160 Å². The summed E-state index contributed by atoms with van der Waals surface area (Å²) in [6.45, 7) is 3.58. The van der Waals surface area contributed by atoms with Crippen molar-refractivity contribution in [3.8, 4) is 0 Å². The number of aliphatic imine (C=N–C) groups is 1. The number of halogens is 1. The second-order valence-electron chi connectivity index (χ2n) is 5.30. The van der Waals surface area contributed by atoms with Gasteiger partial charge in [-0.2, -0.15) is 0 Å². The maximum Gasteiger partial charge on any atom is 0.213 e. The molecule has 0 atom stereocenters. The van der Waals surface area contributed by atoms with Gasteiger partial charge in [-0.15, -0.1) is 11.8 Å². The number of rotatable bonds is 10. The SMILES string of the molecule is CCS(=O)(=O)N(C)CCCNC(=NC)NCCSc1ccc(Cl)cc1. The molecule has 25 heavy (non-hydrogen) atoms. The van der Waals surface area contributed by atoms with Crippen LogP contribution in [0.3, 0.4) is 0 Å². The fraction of sp³-hybridized carbons (Fsp3) is 0.562. The molecule has 0 fully saturated rings. The van der Waals surface area contributed by atoms with E-state index in [2.05, 4.69) is 15.6 Å². The lowest BCUT2D eigenvalue weighted by Crippen LogP contribution is -2.40.